The summed E-state index contributed by atoms with van der Waals surface area (Å²) in [5, 5.41) is 1.99. The lowest BCUT2D eigenvalue weighted by molar-refractivity contribution is 0.103. The number of ketones is 1. The molecule has 3 aromatic rings. The minimum Gasteiger partial charge on any atom is -0.398 e. The molecule has 0 saturated heterocycles. The number of aromatic nitrogens is 2. The molecule has 4 heteroatoms. The Morgan fingerprint density at radius 3 is 2.47 bits per heavy atom. The molecule has 0 fully saturated rings. The van der Waals surface area contributed by atoms with Gasteiger partial charge in [-0.15, -0.1) is 0 Å². The Hall–Kier alpha value is -2.75. The van der Waals surface area contributed by atoms with Gasteiger partial charge in [0.25, 0.3) is 0 Å². The van der Waals surface area contributed by atoms with Gasteiger partial charge in [0.2, 0.25) is 5.78 Å². The van der Waals surface area contributed by atoms with Gasteiger partial charge < -0.3 is 5.73 Å². The molecule has 0 radical (unpaired) electrons. The van der Waals surface area contributed by atoms with Gasteiger partial charge >= 0.3 is 0 Å². The molecule has 0 atom stereocenters. The zero-order valence-corrected chi connectivity index (χ0v) is 10.1. The molecule has 0 spiro atoms. The topological polar surface area (TPSA) is 68.9 Å². The van der Waals surface area contributed by atoms with Crippen LogP contribution >= 0.6 is 0 Å². The first-order valence-electron chi connectivity index (χ1n) is 5.85. The van der Waals surface area contributed by atoms with E-state index in [-0.39, 0.29) is 5.78 Å². The molecule has 0 aliphatic rings. The van der Waals surface area contributed by atoms with Crippen LogP contribution in [0.15, 0.2) is 55.0 Å². The minimum atomic E-state index is -0.212. The van der Waals surface area contributed by atoms with Gasteiger partial charge in [-0.1, -0.05) is 24.3 Å². The van der Waals surface area contributed by atoms with Crippen molar-refractivity contribution in [1.29, 1.82) is 0 Å². The van der Waals surface area contributed by atoms with Crippen LogP contribution in [0.5, 0.6) is 0 Å². The maximum absolute atomic E-state index is 12.3. The summed E-state index contributed by atoms with van der Waals surface area (Å²) in [7, 11) is 0. The molecular weight excluding hydrogens is 238 g/mol. The number of carbonyl (C=O) groups is 1. The molecule has 0 saturated carbocycles. The number of hydrogen-bond acceptors (Lipinski definition) is 4. The first kappa shape index (κ1) is 11.3. The van der Waals surface area contributed by atoms with Crippen molar-refractivity contribution in [2.24, 2.45) is 0 Å². The molecule has 3 rings (SSSR count). The van der Waals surface area contributed by atoms with Crippen LogP contribution in [0.25, 0.3) is 10.8 Å². The van der Waals surface area contributed by atoms with Crippen molar-refractivity contribution < 1.29 is 4.79 Å². The Labute approximate surface area is 109 Å². The fourth-order valence-electron chi connectivity index (χ4n) is 2.01. The maximum atomic E-state index is 12.3. The van der Waals surface area contributed by atoms with E-state index in [9.17, 15) is 4.79 Å². The number of anilines is 1. The van der Waals surface area contributed by atoms with Gasteiger partial charge in [-0.25, -0.2) is 4.98 Å². The van der Waals surface area contributed by atoms with Crippen LogP contribution in [0.3, 0.4) is 0 Å². The number of carbonyl (C=O) groups excluding carboxylic acids is 1. The molecule has 0 aliphatic carbocycles. The first-order valence-corrected chi connectivity index (χ1v) is 5.85. The molecular formula is C15H11N3O. The Balaban J connectivity index is 2.15. The number of nitrogen functional groups attached to an aromatic ring is 1. The molecule has 0 amide bonds. The number of hydrogen-bond donors (Lipinski definition) is 1. The van der Waals surface area contributed by atoms with Crippen LogP contribution in [-0.4, -0.2) is 15.8 Å². The SMILES string of the molecule is Nc1cc2ccccc2cc1C(=O)c1cnccn1. The zero-order chi connectivity index (χ0) is 13.2. The van der Waals surface area contributed by atoms with E-state index in [1.54, 1.807) is 12.1 Å². The smallest absolute Gasteiger partial charge is 0.215 e. The van der Waals surface area contributed by atoms with E-state index in [0.717, 1.165) is 10.8 Å². The highest BCUT2D eigenvalue weighted by atomic mass is 16.1. The standard InChI is InChI=1S/C15H11N3O/c16-13-8-11-4-2-1-3-10(11)7-12(13)15(19)14-9-17-5-6-18-14/h1-9H,16H2. The largest absolute Gasteiger partial charge is 0.398 e. The zero-order valence-electron chi connectivity index (χ0n) is 10.1. The van der Waals surface area contributed by atoms with Crippen LogP contribution in [0.4, 0.5) is 5.69 Å². The summed E-state index contributed by atoms with van der Waals surface area (Å²) in [6.07, 6.45) is 4.46. The highest BCUT2D eigenvalue weighted by molar-refractivity contribution is 6.13. The van der Waals surface area contributed by atoms with Gasteiger partial charge in [0, 0.05) is 23.6 Å². The van der Waals surface area contributed by atoms with E-state index in [0.29, 0.717) is 16.9 Å². The van der Waals surface area contributed by atoms with Crippen LogP contribution in [0.2, 0.25) is 0 Å². The van der Waals surface area contributed by atoms with Gasteiger partial charge in [0.1, 0.15) is 5.69 Å². The van der Waals surface area contributed by atoms with Gasteiger partial charge in [-0.3, -0.25) is 9.78 Å². The number of rotatable bonds is 2. The average molecular weight is 249 g/mol. The molecule has 1 aromatic heterocycles. The maximum Gasteiger partial charge on any atom is 0.215 e. The summed E-state index contributed by atoms with van der Waals surface area (Å²) >= 11 is 0. The Bertz CT molecular complexity index is 754. The average Bonchev–Trinajstić information content (AvgIpc) is 2.47. The van der Waals surface area contributed by atoms with Crippen LogP contribution in [0, 0.1) is 0 Å². The quantitative estimate of drug-likeness (QED) is 0.559. The number of nitrogens with two attached hydrogens (primary N) is 1. The number of nitrogens with zero attached hydrogens (tertiary/aromatic N) is 2. The van der Waals surface area contributed by atoms with Gasteiger partial charge in [0.05, 0.1) is 6.20 Å². The Morgan fingerprint density at radius 1 is 1.05 bits per heavy atom. The third-order valence-electron chi connectivity index (χ3n) is 2.96. The third kappa shape index (κ3) is 2.04. The summed E-state index contributed by atoms with van der Waals surface area (Å²) < 4.78 is 0. The summed E-state index contributed by atoms with van der Waals surface area (Å²) in [5.41, 5.74) is 7.16. The van der Waals surface area contributed by atoms with Gasteiger partial charge in [-0.2, -0.15) is 0 Å². The van der Waals surface area contributed by atoms with E-state index in [2.05, 4.69) is 9.97 Å². The van der Waals surface area contributed by atoms with Gasteiger partial charge in [0.15, 0.2) is 0 Å². The first-order chi connectivity index (χ1) is 9.25. The molecule has 2 N–H and O–H groups in total. The third-order valence-corrected chi connectivity index (χ3v) is 2.96. The number of fused-ring (bicyclic) bond motifs is 1. The van der Waals surface area contributed by atoms with Crippen molar-refractivity contribution in [3.05, 3.63) is 66.2 Å². The van der Waals surface area contributed by atoms with E-state index in [4.69, 9.17) is 5.73 Å². The fraction of sp³-hybridized carbons (Fsp3) is 0. The van der Waals surface area contributed by atoms with Crippen molar-refractivity contribution in [2.45, 2.75) is 0 Å². The molecule has 4 nitrogen and oxygen atoms in total. The van der Waals surface area contributed by atoms with E-state index in [1.165, 1.54) is 18.6 Å². The van der Waals surface area contributed by atoms with Crippen molar-refractivity contribution in [1.82, 2.24) is 9.97 Å². The monoisotopic (exact) mass is 249 g/mol. The Kier molecular flexibility index (Phi) is 2.68. The van der Waals surface area contributed by atoms with E-state index >= 15 is 0 Å². The Morgan fingerprint density at radius 2 is 1.79 bits per heavy atom. The van der Waals surface area contributed by atoms with E-state index in [1.807, 2.05) is 24.3 Å². The van der Waals surface area contributed by atoms with Crippen LogP contribution in [-0.2, 0) is 0 Å². The second-order valence-corrected chi connectivity index (χ2v) is 4.21. The van der Waals surface area contributed by atoms with Crippen LogP contribution in [0.1, 0.15) is 16.1 Å². The molecule has 19 heavy (non-hydrogen) atoms. The van der Waals surface area contributed by atoms with Gasteiger partial charge in [-0.05, 0) is 22.9 Å². The van der Waals surface area contributed by atoms with Crippen LogP contribution < -0.4 is 5.73 Å². The second kappa shape index (κ2) is 4.49. The minimum absolute atomic E-state index is 0.212. The molecule has 0 unspecified atom stereocenters. The normalized spacial score (nSPS) is 10.5. The van der Waals surface area contributed by atoms with E-state index < -0.39 is 0 Å². The van der Waals surface area contributed by atoms with Crippen molar-refractivity contribution >= 4 is 22.2 Å². The summed E-state index contributed by atoms with van der Waals surface area (Å²) in [6.45, 7) is 0. The molecule has 0 bridgehead atoms. The molecule has 1 heterocycles. The molecule has 0 aliphatic heterocycles. The highest BCUT2D eigenvalue weighted by Crippen LogP contribution is 2.23. The molecule has 92 valence electrons. The summed E-state index contributed by atoms with van der Waals surface area (Å²) in [4.78, 5) is 20.2. The highest BCUT2D eigenvalue weighted by Gasteiger charge is 2.14. The second-order valence-electron chi connectivity index (χ2n) is 4.21. The predicted molar refractivity (Wildman–Crippen MR) is 73.8 cm³/mol. The predicted octanol–water partition coefficient (Wildman–Crippen LogP) is 2.44. The molecule has 2 aromatic carbocycles. The number of benzene rings is 2. The summed E-state index contributed by atoms with van der Waals surface area (Å²) in [5.74, 6) is -0.212. The summed E-state index contributed by atoms with van der Waals surface area (Å²) in [6, 6.07) is 11.4. The van der Waals surface area contributed by atoms with Crippen molar-refractivity contribution in [3.63, 3.8) is 0 Å². The lowest BCUT2D eigenvalue weighted by atomic mass is 10.0. The van der Waals surface area contributed by atoms with Crippen molar-refractivity contribution in [3.8, 4) is 0 Å². The lowest BCUT2D eigenvalue weighted by Crippen LogP contribution is -2.07. The van der Waals surface area contributed by atoms with Crippen molar-refractivity contribution in [2.75, 3.05) is 5.73 Å². The fourth-order valence-corrected chi connectivity index (χ4v) is 2.01. The lowest BCUT2D eigenvalue weighted by Gasteiger charge is -2.06.